The number of H-pyrrole nitrogens is 1. The van der Waals surface area contributed by atoms with Crippen LogP contribution in [0, 0.1) is 5.92 Å². The van der Waals surface area contributed by atoms with E-state index in [1.165, 1.54) is 5.56 Å². The molecule has 0 radical (unpaired) electrons. The number of ether oxygens (including phenoxy) is 1. The molecule has 2 aromatic heterocycles. The molecule has 1 amide bonds. The number of hydrogen-bond acceptors (Lipinski definition) is 4. The number of benzene rings is 1. The van der Waals surface area contributed by atoms with E-state index in [1.54, 1.807) is 6.07 Å². The van der Waals surface area contributed by atoms with Crippen LogP contribution in [0.25, 0.3) is 11.3 Å². The maximum Gasteiger partial charge on any atom is 0.271 e. The monoisotopic (exact) mass is 402 g/mol. The molecule has 1 N–H and O–H groups in total. The van der Waals surface area contributed by atoms with E-state index >= 15 is 0 Å². The lowest BCUT2D eigenvalue weighted by atomic mass is 9.83. The van der Waals surface area contributed by atoms with Gasteiger partial charge in [-0.3, -0.25) is 14.7 Å². The molecule has 0 spiro atoms. The van der Waals surface area contributed by atoms with Gasteiger partial charge in [0, 0.05) is 49.3 Å². The lowest BCUT2D eigenvalue weighted by molar-refractivity contribution is 0.0588. The van der Waals surface area contributed by atoms with Crippen molar-refractivity contribution in [3.8, 4) is 17.0 Å². The van der Waals surface area contributed by atoms with Gasteiger partial charge >= 0.3 is 0 Å². The highest BCUT2D eigenvalue weighted by atomic mass is 16.5. The van der Waals surface area contributed by atoms with Crippen LogP contribution in [0.3, 0.4) is 0 Å². The molecule has 1 saturated heterocycles. The predicted molar refractivity (Wildman–Crippen MR) is 111 cm³/mol. The highest BCUT2D eigenvalue weighted by Crippen LogP contribution is 2.35. The van der Waals surface area contributed by atoms with Crippen molar-refractivity contribution in [2.24, 2.45) is 5.92 Å². The fourth-order valence-corrected chi connectivity index (χ4v) is 5.16. The first-order valence-corrected chi connectivity index (χ1v) is 10.5. The van der Waals surface area contributed by atoms with Crippen LogP contribution in [-0.2, 0) is 13.0 Å². The summed E-state index contributed by atoms with van der Waals surface area (Å²) in [5.74, 6) is 1.42. The predicted octanol–water partition coefficient (Wildman–Crippen LogP) is 2.43. The van der Waals surface area contributed by atoms with Gasteiger partial charge in [-0.15, -0.1) is 0 Å². The minimum atomic E-state index is -0.0281. The molecule has 3 aromatic rings. The number of hydrogen-bond donors (Lipinski definition) is 1. The molecule has 2 atom stereocenters. The van der Waals surface area contributed by atoms with E-state index in [-0.39, 0.29) is 17.4 Å². The SMILES string of the molecule is O=C(c1cc(-c2ccc3c(c2)CCO3)n[nH]1)N1C[C@@H]2C[C@H](C1)c1cccc(=O)n1C2. The van der Waals surface area contributed by atoms with E-state index in [0.717, 1.165) is 42.1 Å². The number of pyridine rings is 1. The molecule has 7 nitrogen and oxygen atoms in total. The van der Waals surface area contributed by atoms with Gasteiger partial charge in [-0.1, -0.05) is 6.07 Å². The molecule has 30 heavy (non-hydrogen) atoms. The first-order valence-electron chi connectivity index (χ1n) is 10.5. The second kappa shape index (κ2) is 6.58. The molecule has 3 aliphatic rings. The first-order chi connectivity index (χ1) is 14.7. The summed E-state index contributed by atoms with van der Waals surface area (Å²) >= 11 is 0. The molecule has 2 bridgehead atoms. The standard InChI is InChI=1S/C23H22N4O3/c28-22-3-1-2-20-17-8-14(12-27(20)22)11-26(13-17)23(29)19-10-18(24-25-19)15-4-5-21-16(9-15)6-7-30-21/h1-5,9-10,14,17H,6-8,11-13H2,(H,24,25)/t14-,17+/m0/s1. The summed E-state index contributed by atoms with van der Waals surface area (Å²) < 4.78 is 7.45. The van der Waals surface area contributed by atoms with Crippen LogP contribution in [0.15, 0.2) is 47.3 Å². The smallest absolute Gasteiger partial charge is 0.271 e. The molecule has 152 valence electrons. The summed E-state index contributed by atoms with van der Waals surface area (Å²) in [7, 11) is 0. The Hall–Kier alpha value is -3.35. The van der Waals surface area contributed by atoms with E-state index < -0.39 is 0 Å². The topological polar surface area (TPSA) is 80.2 Å². The highest BCUT2D eigenvalue weighted by molar-refractivity contribution is 5.93. The Morgan fingerprint density at radius 3 is 3.00 bits per heavy atom. The van der Waals surface area contributed by atoms with Gasteiger partial charge in [0.15, 0.2) is 0 Å². The largest absolute Gasteiger partial charge is 0.493 e. The average Bonchev–Trinajstić information content (AvgIpc) is 3.43. The molecule has 1 fully saturated rings. The van der Waals surface area contributed by atoms with E-state index in [2.05, 4.69) is 16.3 Å². The molecule has 1 aromatic carbocycles. The number of aromatic amines is 1. The number of rotatable bonds is 2. The number of aromatic nitrogens is 3. The Labute approximate surface area is 173 Å². The highest BCUT2D eigenvalue weighted by Gasteiger charge is 2.36. The van der Waals surface area contributed by atoms with Crippen LogP contribution >= 0.6 is 0 Å². The Kier molecular flexibility index (Phi) is 3.84. The second-order valence-corrected chi connectivity index (χ2v) is 8.50. The van der Waals surface area contributed by atoms with Crippen molar-refractivity contribution in [3.05, 3.63) is 69.8 Å². The summed E-state index contributed by atoms with van der Waals surface area (Å²) in [6.45, 7) is 2.69. The molecular formula is C23H22N4O3. The number of nitrogens with one attached hydrogen (secondary N) is 1. The fourth-order valence-electron chi connectivity index (χ4n) is 5.16. The minimum absolute atomic E-state index is 0.0281. The average molecular weight is 402 g/mol. The zero-order valence-electron chi connectivity index (χ0n) is 16.5. The minimum Gasteiger partial charge on any atom is -0.493 e. The van der Waals surface area contributed by atoms with Gasteiger partial charge in [-0.05, 0) is 48.2 Å². The molecule has 5 heterocycles. The molecule has 6 rings (SSSR count). The Bertz CT molecular complexity index is 1210. The van der Waals surface area contributed by atoms with Gasteiger partial charge in [0.05, 0.1) is 12.3 Å². The fraction of sp³-hybridized carbons (Fsp3) is 0.348. The van der Waals surface area contributed by atoms with Crippen molar-refractivity contribution in [2.45, 2.75) is 25.3 Å². The van der Waals surface area contributed by atoms with E-state index in [9.17, 15) is 9.59 Å². The van der Waals surface area contributed by atoms with Gasteiger partial charge in [0.1, 0.15) is 11.4 Å². The van der Waals surface area contributed by atoms with Gasteiger partial charge in [-0.2, -0.15) is 5.10 Å². The van der Waals surface area contributed by atoms with Gasteiger partial charge < -0.3 is 14.2 Å². The zero-order chi connectivity index (χ0) is 20.2. The molecular weight excluding hydrogens is 380 g/mol. The third-order valence-corrected chi connectivity index (χ3v) is 6.56. The van der Waals surface area contributed by atoms with Crippen LogP contribution in [-0.4, -0.2) is 45.3 Å². The van der Waals surface area contributed by atoms with E-state index in [1.807, 2.05) is 39.8 Å². The number of carbonyl (C=O) groups is 1. The summed E-state index contributed by atoms with van der Waals surface area (Å²) in [6.07, 6.45) is 1.93. The molecule has 0 saturated carbocycles. The third kappa shape index (κ3) is 2.76. The van der Waals surface area contributed by atoms with Crippen molar-refractivity contribution in [3.63, 3.8) is 0 Å². The van der Waals surface area contributed by atoms with Crippen LogP contribution in [0.5, 0.6) is 5.75 Å². The number of piperidine rings is 1. The number of carbonyl (C=O) groups excluding carboxylic acids is 1. The maximum absolute atomic E-state index is 13.2. The Morgan fingerprint density at radius 2 is 2.07 bits per heavy atom. The zero-order valence-corrected chi connectivity index (χ0v) is 16.5. The summed E-state index contributed by atoms with van der Waals surface area (Å²) in [5, 5.41) is 7.32. The van der Waals surface area contributed by atoms with Crippen molar-refractivity contribution < 1.29 is 9.53 Å². The van der Waals surface area contributed by atoms with Crippen LogP contribution in [0.2, 0.25) is 0 Å². The number of fused-ring (bicyclic) bond motifs is 5. The summed E-state index contributed by atoms with van der Waals surface area (Å²) in [5.41, 5.74) is 4.54. The second-order valence-electron chi connectivity index (χ2n) is 8.50. The van der Waals surface area contributed by atoms with Crippen LogP contribution < -0.4 is 10.3 Å². The quantitative estimate of drug-likeness (QED) is 0.714. The van der Waals surface area contributed by atoms with Gasteiger partial charge in [0.25, 0.3) is 11.5 Å². The van der Waals surface area contributed by atoms with E-state index in [4.69, 9.17) is 4.74 Å². The van der Waals surface area contributed by atoms with E-state index in [0.29, 0.717) is 31.2 Å². The molecule has 0 aliphatic carbocycles. The molecule has 7 heteroatoms. The van der Waals surface area contributed by atoms with Crippen molar-refractivity contribution in [1.29, 1.82) is 0 Å². The van der Waals surface area contributed by atoms with Gasteiger partial charge in [-0.25, -0.2) is 0 Å². The van der Waals surface area contributed by atoms with Gasteiger partial charge in [0.2, 0.25) is 0 Å². The lowest BCUT2D eigenvalue weighted by Crippen LogP contribution is -2.49. The summed E-state index contributed by atoms with van der Waals surface area (Å²) in [4.78, 5) is 27.3. The van der Waals surface area contributed by atoms with Crippen molar-refractivity contribution in [2.75, 3.05) is 19.7 Å². The molecule has 3 aliphatic heterocycles. The van der Waals surface area contributed by atoms with Crippen LogP contribution in [0.4, 0.5) is 0 Å². The van der Waals surface area contributed by atoms with Crippen molar-refractivity contribution in [1.82, 2.24) is 19.7 Å². The number of nitrogens with zero attached hydrogens (tertiary/aromatic N) is 3. The normalized spacial score (nSPS) is 21.7. The molecule has 0 unspecified atom stereocenters. The summed E-state index contributed by atoms with van der Waals surface area (Å²) in [6, 6.07) is 13.3. The Balaban J connectivity index is 1.25. The lowest BCUT2D eigenvalue weighted by Gasteiger charge is -2.42. The number of likely N-dealkylation sites (tertiary alicyclic amines) is 1. The maximum atomic E-state index is 13.2. The van der Waals surface area contributed by atoms with Crippen molar-refractivity contribution >= 4 is 5.91 Å². The Morgan fingerprint density at radius 1 is 1.13 bits per heavy atom. The first kappa shape index (κ1) is 17.5. The number of amides is 1. The van der Waals surface area contributed by atoms with Crippen LogP contribution in [0.1, 0.15) is 34.1 Å². The third-order valence-electron chi connectivity index (χ3n) is 6.56.